The van der Waals surface area contributed by atoms with E-state index in [1.54, 1.807) is 23.5 Å². The molecule has 1 aromatic carbocycles. The first-order chi connectivity index (χ1) is 15.9. The number of aryl methyl sites for hydroxylation is 1. The molecule has 0 aliphatic rings. The summed E-state index contributed by atoms with van der Waals surface area (Å²) in [6.07, 6.45) is 0. The van der Waals surface area contributed by atoms with Gasteiger partial charge in [0.1, 0.15) is 10.6 Å². The highest BCUT2D eigenvalue weighted by Gasteiger charge is 2.23. The Kier molecular flexibility index (Phi) is 7.18. The zero-order valence-electron chi connectivity index (χ0n) is 17.9. The molecule has 0 saturated heterocycles. The number of thiophene rings is 2. The Balaban J connectivity index is 1.48. The third-order valence-electron chi connectivity index (χ3n) is 4.74. The van der Waals surface area contributed by atoms with Crippen molar-refractivity contribution in [2.24, 2.45) is 7.05 Å². The summed E-state index contributed by atoms with van der Waals surface area (Å²) >= 11 is 10.2. The van der Waals surface area contributed by atoms with Gasteiger partial charge in [0, 0.05) is 38.8 Å². The van der Waals surface area contributed by atoms with E-state index in [1.807, 2.05) is 41.4 Å². The van der Waals surface area contributed by atoms with Crippen LogP contribution in [0.1, 0.15) is 15.2 Å². The summed E-state index contributed by atoms with van der Waals surface area (Å²) in [5, 5.41) is 16.8. The van der Waals surface area contributed by atoms with Gasteiger partial charge < -0.3 is 14.6 Å². The third kappa shape index (κ3) is 5.14. The molecule has 170 valence electrons. The summed E-state index contributed by atoms with van der Waals surface area (Å²) in [5.41, 5.74) is 2.80. The van der Waals surface area contributed by atoms with E-state index in [9.17, 15) is 9.59 Å². The Hall–Kier alpha value is -2.66. The van der Waals surface area contributed by atoms with E-state index >= 15 is 0 Å². The molecule has 0 fully saturated rings. The minimum absolute atomic E-state index is 0.115. The van der Waals surface area contributed by atoms with E-state index < -0.39 is 5.97 Å². The fourth-order valence-electron chi connectivity index (χ4n) is 3.14. The van der Waals surface area contributed by atoms with Crippen LogP contribution in [0.2, 0.25) is 5.02 Å². The zero-order chi connectivity index (χ0) is 23.5. The molecule has 11 heteroatoms. The number of hydrogen-bond donors (Lipinski definition) is 1. The maximum absolute atomic E-state index is 12.7. The molecule has 0 saturated carbocycles. The van der Waals surface area contributed by atoms with Crippen molar-refractivity contribution < 1.29 is 14.3 Å². The van der Waals surface area contributed by atoms with Gasteiger partial charge >= 0.3 is 5.97 Å². The average molecular weight is 519 g/mol. The van der Waals surface area contributed by atoms with Gasteiger partial charge in [-0.3, -0.25) is 4.79 Å². The number of nitrogens with one attached hydrogen (secondary N) is 1. The van der Waals surface area contributed by atoms with Gasteiger partial charge in [-0.15, -0.1) is 32.9 Å². The molecule has 1 amide bonds. The highest BCUT2D eigenvalue weighted by Crippen LogP contribution is 2.37. The van der Waals surface area contributed by atoms with Crippen molar-refractivity contribution in [3.05, 3.63) is 56.6 Å². The molecule has 0 radical (unpaired) electrons. The lowest BCUT2D eigenvalue weighted by atomic mass is 10.0. The third-order valence-corrected chi connectivity index (χ3v) is 7.77. The molecule has 3 aromatic heterocycles. The van der Waals surface area contributed by atoms with Gasteiger partial charge in [-0.2, -0.15) is 0 Å². The van der Waals surface area contributed by atoms with Crippen LogP contribution in [0, 0.1) is 6.92 Å². The number of benzene rings is 1. The van der Waals surface area contributed by atoms with Gasteiger partial charge in [0.25, 0.3) is 0 Å². The number of amides is 1. The highest BCUT2D eigenvalue weighted by atomic mass is 35.5. The van der Waals surface area contributed by atoms with Crippen LogP contribution < -0.4 is 5.32 Å². The predicted octanol–water partition coefficient (Wildman–Crippen LogP) is 5.75. The van der Waals surface area contributed by atoms with E-state index in [-0.39, 0.29) is 11.7 Å². The first-order valence-corrected chi connectivity index (χ1v) is 12.8. The molecule has 0 spiro atoms. The summed E-state index contributed by atoms with van der Waals surface area (Å²) in [6.45, 7) is 2.04. The molecule has 33 heavy (non-hydrogen) atoms. The summed E-state index contributed by atoms with van der Waals surface area (Å²) in [7, 11) is 3.18. The van der Waals surface area contributed by atoms with Crippen molar-refractivity contribution in [2.75, 3.05) is 18.2 Å². The van der Waals surface area contributed by atoms with Gasteiger partial charge in [-0.1, -0.05) is 35.5 Å². The van der Waals surface area contributed by atoms with Crippen LogP contribution in [0.15, 0.2) is 46.2 Å². The van der Waals surface area contributed by atoms with Crippen molar-refractivity contribution >= 4 is 62.9 Å². The van der Waals surface area contributed by atoms with Gasteiger partial charge in [0.2, 0.25) is 5.91 Å². The van der Waals surface area contributed by atoms with Gasteiger partial charge in [0.05, 0.1) is 12.9 Å². The molecule has 7 nitrogen and oxygen atoms in total. The SMILES string of the molecule is COC(=O)c1c(-c2ccc(Cl)cc2)csc1NC(=O)CSc1nnc(-c2csc(C)c2)n1C. The van der Waals surface area contributed by atoms with Crippen LogP contribution in [-0.4, -0.2) is 39.5 Å². The second-order valence-electron chi connectivity index (χ2n) is 7.00. The molecule has 0 aliphatic heterocycles. The van der Waals surface area contributed by atoms with Crippen LogP contribution >= 0.6 is 46.0 Å². The molecular weight excluding hydrogens is 500 g/mol. The fourth-order valence-corrected chi connectivity index (χ4v) is 5.63. The molecule has 0 aliphatic carbocycles. The number of anilines is 1. The number of aromatic nitrogens is 3. The van der Waals surface area contributed by atoms with Crippen molar-refractivity contribution in [1.29, 1.82) is 0 Å². The number of rotatable bonds is 7. The van der Waals surface area contributed by atoms with Crippen molar-refractivity contribution in [1.82, 2.24) is 14.8 Å². The van der Waals surface area contributed by atoms with E-state index in [0.29, 0.717) is 26.3 Å². The molecule has 4 aromatic rings. The highest BCUT2D eigenvalue weighted by molar-refractivity contribution is 7.99. The first-order valence-electron chi connectivity index (χ1n) is 9.70. The first kappa shape index (κ1) is 23.5. The fraction of sp³-hybridized carbons (Fsp3) is 0.182. The second-order valence-corrected chi connectivity index (χ2v) is 10.4. The Morgan fingerprint density at radius 2 is 1.91 bits per heavy atom. The molecule has 1 N–H and O–H groups in total. The largest absolute Gasteiger partial charge is 0.465 e. The zero-order valence-corrected chi connectivity index (χ0v) is 21.1. The monoisotopic (exact) mass is 518 g/mol. The predicted molar refractivity (Wildman–Crippen MR) is 135 cm³/mol. The number of esters is 1. The average Bonchev–Trinajstić information content (AvgIpc) is 3.51. The van der Waals surface area contributed by atoms with E-state index in [0.717, 1.165) is 17.0 Å². The van der Waals surface area contributed by atoms with Crippen LogP contribution in [0.25, 0.3) is 22.5 Å². The minimum atomic E-state index is -0.520. The number of hydrogen-bond acceptors (Lipinski definition) is 8. The molecule has 0 unspecified atom stereocenters. The Labute approximate surface area is 207 Å². The number of methoxy groups -OCH3 is 1. The van der Waals surface area contributed by atoms with Crippen LogP contribution in [0.3, 0.4) is 0 Å². The standard InChI is InChI=1S/C22H19ClN4O3S3/c1-12-8-14(9-31-12)19-25-26-22(27(19)2)33-11-17(28)24-20-18(21(29)30-3)16(10-32-20)13-4-6-15(23)7-5-13/h4-10H,11H2,1-3H3,(H,24,28). The molecule has 0 bridgehead atoms. The normalized spacial score (nSPS) is 10.9. The molecule has 4 rings (SSSR count). The van der Waals surface area contributed by atoms with Gasteiger partial charge in [-0.05, 0) is 30.7 Å². The number of nitrogens with zero attached hydrogens (tertiary/aromatic N) is 3. The quantitative estimate of drug-likeness (QED) is 0.247. The topological polar surface area (TPSA) is 86.1 Å². The van der Waals surface area contributed by atoms with E-state index in [2.05, 4.69) is 21.6 Å². The maximum Gasteiger partial charge on any atom is 0.341 e. The number of halogens is 1. The lowest BCUT2D eigenvalue weighted by Gasteiger charge is -2.08. The summed E-state index contributed by atoms with van der Waals surface area (Å²) < 4.78 is 6.82. The molecule has 3 heterocycles. The van der Waals surface area contributed by atoms with Gasteiger partial charge in [-0.25, -0.2) is 4.79 Å². The van der Waals surface area contributed by atoms with Gasteiger partial charge in [0.15, 0.2) is 11.0 Å². The summed E-state index contributed by atoms with van der Waals surface area (Å²) in [5.74, 6) is 0.0866. The summed E-state index contributed by atoms with van der Waals surface area (Å²) in [6, 6.07) is 9.19. The lowest BCUT2D eigenvalue weighted by molar-refractivity contribution is -0.113. The van der Waals surface area contributed by atoms with Crippen LogP contribution in [0.5, 0.6) is 0 Å². The summed E-state index contributed by atoms with van der Waals surface area (Å²) in [4.78, 5) is 26.4. The maximum atomic E-state index is 12.7. The van der Waals surface area contributed by atoms with Crippen molar-refractivity contribution in [3.63, 3.8) is 0 Å². The second kappa shape index (κ2) is 10.1. The van der Waals surface area contributed by atoms with E-state index in [1.165, 1.54) is 35.1 Å². The Bertz CT molecular complexity index is 1310. The number of carbonyl (C=O) groups is 2. The smallest absolute Gasteiger partial charge is 0.341 e. The lowest BCUT2D eigenvalue weighted by Crippen LogP contribution is -2.16. The van der Waals surface area contributed by atoms with E-state index in [4.69, 9.17) is 16.3 Å². The number of ether oxygens (including phenoxy) is 1. The Morgan fingerprint density at radius 1 is 1.15 bits per heavy atom. The van der Waals surface area contributed by atoms with Crippen LogP contribution in [0.4, 0.5) is 5.00 Å². The molecule has 0 atom stereocenters. The van der Waals surface area contributed by atoms with Crippen LogP contribution in [-0.2, 0) is 16.6 Å². The Morgan fingerprint density at radius 3 is 2.58 bits per heavy atom. The van der Waals surface area contributed by atoms with Crippen molar-refractivity contribution in [2.45, 2.75) is 12.1 Å². The minimum Gasteiger partial charge on any atom is -0.465 e. The number of carbonyl (C=O) groups excluding carboxylic acids is 2. The molecular formula is C22H19ClN4O3S3. The van der Waals surface area contributed by atoms with Crippen molar-refractivity contribution in [3.8, 4) is 22.5 Å². The number of thioether (sulfide) groups is 1.